The Morgan fingerprint density at radius 2 is 2.19 bits per heavy atom. The maximum absolute atomic E-state index is 11.2. The fourth-order valence-corrected chi connectivity index (χ4v) is 1.44. The fraction of sp³-hybridized carbons (Fsp3) is 0.333. The fourth-order valence-electron chi connectivity index (χ4n) is 1.44. The van der Waals surface area contributed by atoms with Crippen LogP contribution in [0.15, 0.2) is 18.2 Å². The highest BCUT2D eigenvalue weighted by Crippen LogP contribution is 2.32. The van der Waals surface area contributed by atoms with Crippen LogP contribution in [0.5, 0.6) is 5.75 Å². The van der Waals surface area contributed by atoms with Crippen molar-refractivity contribution >= 4 is 5.97 Å². The molecule has 84 valence electrons. The van der Waals surface area contributed by atoms with E-state index in [0.29, 0.717) is 11.3 Å². The average Bonchev–Trinajstić information content (AvgIpc) is 2.27. The second-order valence-corrected chi connectivity index (χ2v) is 3.75. The SMILES string of the molecule is COc1ccc(C)cc1C(C)(C#N)C(=O)O. The molecule has 0 saturated heterocycles. The first-order valence-corrected chi connectivity index (χ1v) is 4.75. The van der Waals surface area contributed by atoms with E-state index in [1.807, 2.05) is 19.1 Å². The summed E-state index contributed by atoms with van der Waals surface area (Å²) in [6.07, 6.45) is 0. The van der Waals surface area contributed by atoms with Crippen LogP contribution in [0, 0.1) is 18.3 Å². The molecule has 0 spiro atoms. The lowest BCUT2D eigenvalue weighted by Crippen LogP contribution is -2.31. The van der Waals surface area contributed by atoms with E-state index in [2.05, 4.69) is 0 Å². The van der Waals surface area contributed by atoms with Gasteiger partial charge in [-0.05, 0) is 19.9 Å². The van der Waals surface area contributed by atoms with Gasteiger partial charge in [-0.1, -0.05) is 17.7 Å². The third-order valence-electron chi connectivity index (χ3n) is 2.54. The van der Waals surface area contributed by atoms with E-state index >= 15 is 0 Å². The van der Waals surface area contributed by atoms with Gasteiger partial charge in [0.1, 0.15) is 5.75 Å². The highest BCUT2D eigenvalue weighted by Gasteiger charge is 2.38. The Bertz CT molecular complexity index is 462. The van der Waals surface area contributed by atoms with Gasteiger partial charge in [-0.3, -0.25) is 4.79 Å². The first kappa shape index (κ1) is 12.1. The summed E-state index contributed by atoms with van der Waals surface area (Å²) in [5.41, 5.74) is -0.319. The largest absolute Gasteiger partial charge is 0.496 e. The second-order valence-electron chi connectivity index (χ2n) is 3.75. The number of aliphatic carboxylic acids is 1. The smallest absolute Gasteiger partial charge is 0.328 e. The first-order valence-electron chi connectivity index (χ1n) is 4.75. The Hall–Kier alpha value is -2.02. The normalized spacial score (nSPS) is 13.6. The molecule has 1 atom stereocenters. The van der Waals surface area contributed by atoms with Crippen molar-refractivity contribution in [3.8, 4) is 11.8 Å². The number of aryl methyl sites for hydroxylation is 1. The van der Waals surface area contributed by atoms with Crippen LogP contribution in [0.4, 0.5) is 0 Å². The van der Waals surface area contributed by atoms with E-state index < -0.39 is 11.4 Å². The molecule has 0 aliphatic heterocycles. The first-order chi connectivity index (χ1) is 7.45. The van der Waals surface area contributed by atoms with Crippen LogP contribution in [-0.2, 0) is 10.2 Å². The maximum Gasteiger partial charge on any atom is 0.328 e. The van der Waals surface area contributed by atoms with Gasteiger partial charge in [-0.25, -0.2) is 0 Å². The van der Waals surface area contributed by atoms with Crippen molar-refractivity contribution in [3.63, 3.8) is 0 Å². The monoisotopic (exact) mass is 219 g/mol. The summed E-state index contributed by atoms with van der Waals surface area (Å²) < 4.78 is 5.08. The Kier molecular flexibility index (Phi) is 3.19. The predicted molar refractivity (Wildman–Crippen MR) is 58.3 cm³/mol. The van der Waals surface area contributed by atoms with Crippen molar-refractivity contribution in [1.29, 1.82) is 5.26 Å². The summed E-state index contributed by atoms with van der Waals surface area (Å²) in [7, 11) is 1.45. The lowest BCUT2D eigenvalue weighted by atomic mass is 9.83. The number of methoxy groups -OCH3 is 1. The highest BCUT2D eigenvalue weighted by molar-refractivity contribution is 5.85. The summed E-state index contributed by atoms with van der Waals surface area (Å²) in [6, 6.07) is 6.96. The molecule has 0 heterocycles. The van der Waals surface area contributed by atoms with Gasteiger partial charge >= 0.3 is 5.97 Å². The number of hydrogen-bond donors (Lipinski definition) is 1. The van der Waals surface area contributed by atoms with Crippen LogP contribution in [0.1, 0.15) is 18.1 Å². The second kappa shape index (κ2) is 4.23. The van der Waals surface area contributed by atoms with Gasteiger partial charge in [-0.2, -0.15) is 5.26 Å². The zero-order chi connectivity index (χ0) is 12.3. The number of carbonyl (C=O) groups is 1. The van der Waals surface area contributed by atoms with Gasteiger partial charge in [0.25, 0.3) is 0 Å². The van der Waals surface area contributed by atoms with Crippen molar-refractivity contribution in [3.05, 3.63) is 29.3 Å². The molecule has 1 unspecified atom stereocenters. The number of nitrogens with zero attached hydrogens (tertiary/aromatic N) is 1. The zero-order valence-electron chi connectivity index (χ0n) is 9.44. The minimum Gasteiger partial charge on any atom is -0.496 e. The minimum absolute atomic E-state index is 0.380. The van der Waals surface area contributed by atoms with Crippen LogP contribution in [0.2, 0.25) is 0 Å². The number of benzene rings is 1. The molecule has 1 N–H and O–H groups in total. The lowest BCUT2D eigenvalue weighted by Gasteiger charge is -2.20. The predicted octanol–water partition coefficient (Wildman–Crippen LogP) is 1.87. The Morgan fingerprint density at radius 3 is 2.62 bits per heavy atom. The van der Waals surface area contributed by atoms with E-state index in [-0.39, 0.29) is 0 Å². The molecule has 1 aromatic carbocycles. The molecule has 1 aromatic rings. The third-order valence-corrected chi connectivity index (χ3v) is 2.54. The molecule has 0 aromatic heterocycles. The number of rotatable bonds is 3. The number of carboxylic acids is 1. The standard InChI is InChI=1S/C12H13NO3/c1-8-4-5-10(16-3)9(6-8)12(2,7-13)11(14)15/h4-6H,1-3H3,(H,14,15). The van der Waals surface area contributed by atoms with E-state index in [0.717, 1.165) is 5.56 Å². The van der Waals surface area contributed by atoms with Crippen molar-refractivity contribution in [1.82, 2.24) is 0 Å². The van der Waals surface area contributed by atoms with E-state index in [4.69, 9.17) is 15.1 Å². The third kappa shape index (κ3) is 1.84. The number of nitriles is 1. The van der Waals surface area contributed by atoms with E-state index in [9.17, 15) is 4.79 Å². The topological polar surface area (TPSA) is 70.3 Å². The molecule has 4 nitrogen and oxygen atoms in total. The van der Waals surface area contributed by atoms with Gasteiger partial charge in [-0.15, -0.1) is 0 Å². The van der Waals surface area contributed by atoms with Gasteiger partial charge < -0.3 is 9.84 Å². The molecule has 16 heavy (non-hydrogen) atoms. The van der Waals surface area contributed by atoms with E-state index in [1.54, 1.807) is 12.1 Å². The van der Waals surface area contributed by atoms with Crippen molar-refractivity contribution in [2.45, 2.75) is 19.3 Å². The summed E-state index contributed by atoms with van der Waals surface area (Å²) in [5.74, 6) is -0.768. The molecule has 0 aliphatic rings. The highest BCUT2D eigenvalue weighted by atomic mass is 16.5. The van der Waals surface area contributed by atoms with Crippen LogP contribution >= 0.6 is 0 Å². The van der Waals surface area contributed by atoms with Crippen LogP contribution in [-0.4, -0.2) is 18.2 Å². The average molecular weight is 219 g/mol. The molecule has 1 rings (SSSR count). The molecule has 4 heteroatoms. The zero-order valence-corrected chi connectivity index (χ0v) is 9.44. The molecule has 0 amide bonds. The van der Waals surface area contributed by atoms with Gasteiger partial charge in [0.05, 0.1) is 13.2 Å². The lowest BCUT2D eigenvalue weighted by molar-refractivity contribution is -0.141. The summed E-state index contributed by atoms with van der Waals surface area (Å²) in [4.78, 5) is 11.2. The van der Waals surface area contributed by atoms with Crippen molar-refractivity contribution in [2.75, 3.05) is 7.11 Å². The van der Waals surface area contributed by atoms with Gasteiger partial charge in [0, 0.05) is 5.56 Å². The number of carboxylic acid groups (broad SMARTS) is 1. The Labute approximate surface area is 94.1 Å². The van der Waals surface area contributed by atoms with Gasteiger partial charge in [0.2, 0.25) is 0 Å². The van der Waals surface area contributed by atoms with Crippen LogP contribution in [0.3, 0.4) is 0 Å². The molecule has 0 saturated carbocycles. The van der Waals surface area contributed by atoms with E-state index in [1.165, 1.54) is 14.0 Å². The molecular formula is C12H13NO3. The number of hydrogen-bond acceptors (Lipinski definition) is 3. The molecule has 0 aliphatic carbocycles. The van der Waals surface area contributed by atoms with Gasteiger partial charge in [0.15, 0.2) is 5.41 Å². The quantitative estimate of drug-likeness (QED) is 0.842. The maximum atomic E-state index is 11.2. The summed E-state index contributed by atoms with van der Waals surface area (Å²) in [6.45, 7) is 3.20. The molecule has 0 radical (unpaired) electrons. The van der Waals surface area contributed by atoms with Crippen LogP contribution in [0.25, 0.3) is 0 Å². The molecular weight excluding hydrogens is 206 g/mol. The summed E-state index contributed by atoms with van der Waals surface area (Å²) in [5, 5.41) is 18.2. The number of ether oxygens (including phenoxy) is 1. The molecule has 0 bridgehead atoms. The van der Waals surface area contributed by atoms with Crippen molar-refractivity contribution in [2.24, 2.45) is 0 Å². The molecule has 0 fully saturated rings. The van der Waals surface area contributed by atoms with Crippen LogP contribution < -0.4 is 4.74 Å². The van der Waals surface area contributed by atoms with Crippen molar-refractivity contribution < 1.29 is 14.6 Å². The Balaban J connectivity index is 3.47. The minimum atomic E-state index is -1.59. The Morgan fingerprint density at radius 1 is 1.56 bits per heavy atom. The summed E-state index contributed by atoms with van der Waals surface area (Å²) >= 11 is 0.